The van der Waals surface area contributed by atoms with E-state index in [9.17, 15) is 4.79 Å². The molecule has 1 aromatic carbocycles. The highest BCUT2D eigenvalue weighted by Crippen LogP contribution is 2.40. The molecule has 5 rings (SSSR count). The van der Waals surface area contributed by atoms with Gasteiger partial charge in [0, 0.05) is 36.5 Å². The normalized spacial score (nSPS) is 21.4. The molecule has 0 unspecified atom stereocenters. The van der Waals surface area contributed by atoms with E-state index < -0.39 is 0 Å². The minimum Gasteiger partial charge on any atom is -0.376 e. The number of hydrogen-bond acceptors (Lipinski definition) is 6. The predicted molar refractivity (Wildman–Crippen MR) is 95.8 cm³/mol. The Morgan fingerprint density at radius 1 is 1.19 bits per heavy atom. The topological polar surface area (TPSA) is 81.4 Å². The first-order valence-electron chi connectivity index (χ1n) is 8.95. The van der Waals surface area contributed by atoms with Gasteiger partial charge in [-0.2, -0.15) is 0 Å². The summed E-state index contributed by atoms with van der Waals surface area (Å²) in [6, 6.07) is 11.5. The van der Waals surface area contributed by atoms with E-state index in [1.165, 1.54) is 6.20 Å². The van der Waals surface area contributed by atoms with Gasteiger partial charge in [0.2, 0.25) is 5.76 Å². The molecule has 27 heavy (non-hydrogen) atoms. The lowest BCUT2D eigenvalue weighted by Crippen LogP contribution is -2.41. The SMILES string of the molecule is O=C(c1ccno1)N1CC[C@@]2(COCc3cnc(-c4ccccc4)nc32)C1. The van der Waals surface area contributed by atoms with Gasteiger partial charge >= 0.3 is 0 Å². The second kappa shape index (κ2) is 6.28. The van der Waals surface area contributed by atoms with Crippen molar-refractivity contribution in [2.24, 2.45) is 0 Å². The number of ether oxygens (including phenoxy) is 1. The van der Waals surface area contributed by atoms with E-state index in [2.05, 4.69) is 10.1 Å². The van der Waals surface area contributed by atoms with Crippen LogP contribution < -0.4 is 0 Å². The number of benzene rings is 1. The number of rotatable bonds is 2. The number of amides is 1. The third kappa shape index (κ3) is 2.71. The van der Waals surface area contributed by atoms with Crippen LogP contribution in [0.15, 0.2) is 53.3 Å². The first kappa shape index (κ1) is 16.1. The zero-order valence-electron chi connectivity index (χ0n) is 14.7. The van der Waals surface area contributed by atoms with E-state index in [1.54, 1.807) is 11.0 Å². The van der Waals surface area contributed by atoms with Crippen molar-refractivity contribution in [3.63, 3.8) is 0 Å². The second-order valence-electron chi connectivity index (χ2n) is 7.06. The van der Waals surface area contributed by atoms with Crippen LogP contribution in [0, 0.1) is 0 Å². The Kier molecular flexibility index (Phi) is 3.75. The van der Waals surface area contributed by atoms with Crippen LogP contribution in [-0.4, -0.2) is 45.6 Å². The molecule has 2 aliphatic rings. The van der Waals surface area contributed by atoms with Crippen LogP contribution in [-0.2, 0) is 16.8 Å². The molecule has 1 fully saturated rings. The number of aromatic nitrogens is 3. The second-order valence-corrected chi connectivity index (χ2v) is 7.06. The van der Waals surface area contributed by atoms with Gasteiger partial charge in [0.05, 0.1) is 30.5 Å². The summed E-state index contributed by atoms with van der Waals surface area (Å²) >= 11 is 0. The summed E-state index contributed by atoms with van der Waals surface area (Å²) < 4.78 is 10.9. The molecule has 1 spiro atoms. The van der Waals surface area contributed by atoms with Crippen molar-refractivity contribution in [2.45, 2.75) is 18.4 Å². The summed E-state index contributed by atoms with van der Waals surface area (Å²) in [4.78, 5) is 23.9. The zero-order chi connectivity index (χ0) is 18.3. The van der Waals surface area contributed by atoms with E-state index in [1.807, 2.05) is 36.5 Å². The molecule has 1 saturated heterocycles. The fourth-order valence-corrected chi connectivity index (χ4v) is 3.96. The molecule has 7 heteroatoms. The van der Waals surface area contributed by atoms with Crippen molar-refractivity contribution in [1.29, 1.82) is 0 Å². The van der Waals surface area contributed by atoms with Crippen molar-refractivity contribution >= 4 is 5.91 Å². The van der Waals surface area contributed by atoms with Gasteiger partial charge in [-0.25, -0.2) is 9.97 Å². The van der Waals surface area contributed by atoms with Gasteiger partial charge < -0.3 is 14.2 Å². The molecule has 0 radical (unpaired) electrons. The number of carbonyl (C=O) groups excluding carboxylic acids is 1. The molecule has 0 saturated carbocycles. The van der Waals surface area contributed by atoms with Gasteiger partial charge in [-0.3, -0.25) is 4.79 Å². The molecule has 3 aromatic rings. The van der Waals surface area contributed by atoms with Crippen LogP contribution >= 0.6 is 0 Å². The maximum atomic E-state index is 12.7. The van der Waals surface area contributed by atoms with Crippen LogP contribution in [0.2, 0.25) is 0 Å². The van der Waals surface area contributed by atoms with Crippen molar-refractivity contribution in [1.82, 2.24) is 20.0 Å². The third-order valence-electron chi connectivity index (χ3n) is 5.32. The molecule has 2 aromatic heterocycles. The average Bonchev–Trinajstić information content (AvgIpc) is 3.39. The van der Waals surface area contributed by atoms with Gasteiger partial charge in [-0.15, -0.1) is 0 Å². The highest BCUT2D eigenvalue weighted by Gasteiger charge is 2.46. The van der Waals surface area contributed by atoms with Gasteiger partial charge in [0.25, 0.3) is 5.91 Å². The van der Waals surface area contributed by atoms with Crippen molar-refractivity contribution < 1.29 is 14.1 Å². The molecule has 2 aliphatic heterocycles. The lowest BCUT2D eigenvalue weighted by molar-refractivity contribution is 0.0477. The minimum absolute atomic E-state index is 0.145. The Morgan fingerprint density at radius 2 is 2.07 bits per heavy atom. The Morgan fingerprint density at radius 3 is 2.89 bits per heavy atom. The molecule has 0 bridgehead atoms. The number of hydrogen-bond donors (Lipinski definition) is 0. The van der Waals surface area contributed by atoms with Crippen molar-refractivity contribution in [2.75, 3.05) is 19.7 Å². The maximum absolute atomic E-state index is 12.7. The summed E-state index contributed by atoms with van der Waals surface area (Å²) in [6.07, 6.45) is 4.13. The molecular formula is C20H18N4O3. The Hall–Kier alpha value is -3.06. The van der Waals surface area contributed by atoms with E-state index in [-0.39, 0.29) is 17.1 Å². The molecule has 0 aliphatic carbocycles. The molecule has 1 amide bonds. The molecule has 1 atom stereocenters. The average molecular weight is 362 g/mol. The summed E-state index contributed by atoms with van der Waals surface area (Å²) in [5.41, 5.74) is 2.66. The first-order valence-corrected chi connectivity index (χ1v) is 8.95. The number of likely N-dealkylation sites (tertiary alicyclic amines) is 1. The highest BCUT2D eigenvalue weighted by molar-refractivity contribution is 5.91. The zero-order valence-corrected chi connectivity index (χ0v) is 14.7. The van der Waals surface area contributed by atoms with E-state index in [0.717, 1.165) is 23.2 Å². The highest BCUT2D eigenvalue weighted by atomic mass is 16.5. The van der Waals surface area contributed by atoms with Gasteiger partial charge in [0.15, 0.2) is 5.82 Å². The quantitative estimate of drug-likeness (QED) is 0.696. The van der Waals surface area contributed by atoms with Crippen LogP contribution in [0.4, 0.5) is 0 Å². The lowest BCUT2D eigenvalue weighted by Gasteiger charge is -2.34. The van der Waals surface area contributed by atoms with Crippen molar-refractivity contribution in [3.8, 4) is 11.4 Å². The first-order chi connectivity index (χ1) is 13.3. The van der Waals surface area contributed by atoms with Crippen LogP contribution in [0.25, 0.3) is 11.4 Å². The van der Waals surface area contributed by atoms with E-state index >= 15 is 0 Å². The molecule has 0 N–H and O–H groups in total. The summed E-state index contributed by atoms with van der Waals surface area (Å²) in [7, 11) is 0. The molecular weight excluding hydrogens is 344 g/mol. The summed E-state index contributed by atoms with van der Waals surface area (Å²) in [5, 5.41) is 3.63. The molecule has 7 nitrogen and oxygen atoms in total. The monoisotopic (exact) mass is 362 g/mol. The minimum atomic E-state index is -0.310. The largest absolute Gasteiger partial charge is 0.376 e. The van der Waals surface area contributed by atoms with Gasteiger partial charge in [-0.1, -0.05) is 35.5 Å². The smallest absolute Gasteiger partial charge is 0.292 e. The fraction of sp³-hybridized carbons (Fsp3) is 0.300. The van der Waals surface area contributed by atoms with Crippen LogP contribution in [0.5, 0.6) is 0 Å². The molecule has 136 valence electrons. The number of fused-ring (bicyclic) bond motifs is 2. The van der Waals surface area contributed by atoms with Gasteiger partial charge in [0.1, 0.15) is 0 Å². The standard InChI is InChI=1S/C20H18N4O3/c25-19(16-6-8-22-27-16)24-9-7-20(12-24)13-26-11-15-10-21-18(23-17(15)20)14-4-2-1-3-5-14/h1-6,8,10H,7,9,11-13H2/t20-/m0/s1. The van der Waals surface area contributed by atoms with Crippen LogP contribution in [0.1, 0.15) is 28.2 Å². The molecule has 4 heterocycles. The predicted octanol–water partition coefficient (Wildman–Crippen LogP) is 2.45. The number of carbonyl (C=O) groups is 1. The van der Waals surface area contributed by atoms with Crippen LogP contribution in [0.3, 0.4) is 0 Å². The number of nitrogens with zero attached hydrogens (tertiary/aromatic N) is 4. The lowest BCUT2D eigenvalue weighted by atomic mass is 9.80. The van der Waals surface area contributed by atoms with Gasteiger partial charge in [-0.05, 0) is 6.42 Å². The Bertz CT molecular complexity index is 974. The Labute approximate surface area is 156 Å². The van der Waals surface area contributed by atoms with E-state index in [0.29, 0.717) is 32.1 Å². The maximum Gasteiger partial charge on any atom is 0.292 e. The summed E-state index contributed by atoms with van der Waals surface area (Å²) in [6.45, 7) is 2.23. The Balaban J connectivity index is 1.50. The third-order valence-corrected chi connectivity index (χ3v) is 5.32. The summed E-state index contributed by atoms with van der Waals surface area (Å²) in [5.74, 6) is 0.820. The van der Waals surface area contributed by atoms with Crippen molar-refractivity contribution in [3.05, 3.63) is 65.8 Å². The fourth-order valence-electron chi connectivity index (χ4n) is 3.96. The van der Waals surface area contributed by atoms with E-state index in [4.69, 9.17) is 14.2 Å².